The number of fused-ring (bicyclic) bond motifs is 1. The van der Waals surface area contributed by atoms with Crippen LogP contribution in [0.5, 0.6) is 5.75 Å². The van der Waals surface area contributed by atoms with Crippen molar-refractivity contribution in [3.8, 4) is 16.9 Å². The largest absolute Gasteiger partial charge is 0.497 e. The van der Waals surface area contributed by atoms with E-state index in [0.717, 1.165) is 16.9 Å². The maximum Gasteiger partial charge on any atom is 0.271 e. The molecule has 0 aliphatic carbocycles. The highest BCUT2D eigenvalue weighted by Crippen LogP contribution is 2.31. The number of benzene rings is 2. The summed E-state index contributed by atoms with van der Waals surface area (Å²) in [6.45, 7) is -0.135. The molecule has 4 aromatic rings. The van der Waals surface area contributed by atoms with Crippen LogP contribution in [0, 0.1) is 0 Å². The number of hydrogen-bond donors (Lipinski definition) is 1. The molecule has 2 aromatic heterocycles. The van der Waals surface area contributed by atoms with E-state index in [1.807, 2.05) is 29.6 Å². The van der Waals surface area contributed by atoms with Crippen LogP contribution in [0.3, 0.4) is 0 Å². The topological polar surface area (TPSA) is 73.2 Å². The molecule has 2 aromatic carbocycles. The monoisotopic (exact) mass is 425 g/mol. The smallest absolute Gasteiger partial charge is 0.271 e. The van der Waals surface area contributed by atoms with Gasteiger partial charge in [0.15, 0.2) is 0 Å². The fourth-order valence-corrected chi connectivity index (χ4v) is 4.12. The van der Waals surface area contributed by atoms with E-state index in [1.54, 1.807) is 31.4 Å². The number of nitrogens with zero attached hydrogens (tertiary/aromatic N) is 2. The molecule has 0 radical (unpaired) electrons. The number of carbonyl (C=O) groups excluding carboxylic acids is 1. The third kappa shape index (κ3) is 4.01. The number of carbonyl (C=O) groups is 1. The van der Waals surface area contributed by atoms with Gasteiger partial charge in [0.25, 0.3) is 5.56 Å². The molecule has 0 fully saturated rings. The van der Waals surface area contributed by atoms with E-state index in [-0.39, 0.29) is 18.0 Å². The Kier molecular flexibility index (Phi) is 5.33. The van der Waals surface area contributed by atoms with Crippen molar-refractivity contribution in [1.29, 1.82) is 0 Å². The van der Waals surface area contributed by atoms with E-state index in [1.165, 1.54) is 22.2 Å². The van der Waals surface area contributed by atoms with Crippen molar-refractivity contribution in [3.63, 3.8) is 0 Å². The molecule has 1 amide bonds. The van der Waals surface area contributed by atoms with Gasteiger partial charge in [-0.05, 0) is 35.9 Å². The lowest BCUT2D eigenvalue weighted by atomic mass is 10.1. The average Bonchev–Trinajstić information content (AvgIpc) is 3.15. The summed E-state index contributed by atoms with van der Waals surface area (Å²) >= 11 is 7.24. The lowest BCUT2D eigenvalue weighted by molar-refractivity contribution is -0.116. The molecule has 0 saturated heterocycles. The second-order valence-electron chi connectivity index (χ2n) is 6.29. The predicted molar refractivity (Wildman–Crippen MR) is 116 cm³/mol. The number of halogens is 1. The van der Waals surface area contributed by atoms with Gasteiger partial charge in [0.05, 0.1) is 19.0 Å². The molecule has 0 bridgehead atoms. The van der Waals surface area contributed by atoms with Gasteiger partial charge in [-0.25, -0.2) is 4.98 Å². The zero-order valence-electron chi connectivity index (χ0n) is 15.4. The van der Waals surface area contributed by atoms with Crippen molar-refractivity contribution in [2.75, 3.05) is 12.4 Å². The van der Waals surface area contributed by atoms with Crippen molar-refractivity contribution in [2.24, 2.45) is 0 Å². The first-order chi connectivity index (χ1) is 14.0. The Bertz CT molecular complexity index is 1250. The van der Waals surface area contributed by atoms with Crippen LogP contribution < -0.4 is 15.6 Å². The van der Waals surface area contributed by atoms with Crippen LogP contribution in [0.25, 0.3) is 21.3 Å². The van der Waals surface area contributed by atoms with Crippen LogP contribution in [0.4, 0.5) is 5.69 Å². The summed E-state index contributed by atoms with van der Waals surface area (Å²) < 4.78 is 6.99. The molecule has 0 aliphatic rings. The lowest BCUT2D eigenvalue weighted by Gasteiger charge is -2.08. The molecule has 4 rings (SSSR count). The zero-order chi connectivity index (χ0) is 20.4. The summed E-state index contributed by atoms with van der Waals surface area (Å²) in [5.41, 5.74) is 2.76. The van der Waals surface area contributed by atoms with Crippen molar-refractivity contribution < 1.29 is 9.53 Å². The molecule has 8 heteroatoms. The van der Waals surface area contributed by atoms with Crippen molar-refractivity contribution in [2.45, 2.75) is 6.54 Å². The third-order valence-electron chi connectivity index (χ3n) is 4.37. The summed E-state index contributed by atoms with van der Waals surface area (Å²) in [6, 6.07) is 14.4. The van der Waals surface area contributed by atoms with Crippen LogP contribution in [-0.4, -0.2) is 22.6 Å². The van der Waals surface area contributed by atoms with Crippen LogP contribution in [-0.2, 0) is 11.3 Å². The van der Waals surface area contributed by atoms with Gasteiger partial charge in [0.1, 0.15) is 17.0 Å². The molecular formula is C21H16ClN3O3S. The molecule has 6 nitrogen and oxygen atoms in total. The normalized spacial score (nSPS) is 10.8. The molecule has 1 N–H and O–H groups in total. The highest BCUT2D eigenvalue weighted by atomic mass is 35.5. The van der Waals surface area contributed by atoms with Gasteiger partial charge in [0, 0.05) is 21.7 Å². The molecule has 0 spiro atoms. The zero-order valence-corrected chi connectivity index (χ0v) is 17.0. The molecule has 0 aliphatic heterocycles. The number of amides is 1. The highest BCUT2D eigenvalue weighted by molar-refractivity contribution is 7.17. The standard InChI is InChI=1S/C21H16ClN3O3S/c1-28-16-7-5-13(6-8-16)17-11-29-20-19(17)23-12-25(21(20)27)10-18(26)24-15-4-2-3-14(22)9-15/h2-9,11-12H,10H2,1H3,(H,24,26). The van der Waals surface area contributed by atoms with E-state index in [2.05, 4.69) is 10.3 Å². The Balaban J connectivity index is 1.59. The fraction of sp³-hybridized carbons (Fsp3) is 0.0952. The number of methoxy groups -OCH3 is 1. The summed E-state index contributed by atoms with van der Waals surface area (Å²) in [5, 5.41) is 5.15. The second kappa shape index (κ2) is 8.06. The Morgan fingerprint density at radius 1 is 1.24 bits per heavy atom. The number of aromatic nitrogens is 2. The minimum absolute atomic E-state index is 0.135. The first-order valence-corrected chi connectivity index (χ1v) is 9.97. The first kappa shape index (κ1) is 19.2. The molecule has 0 atom stereocenters. The quantitative estimate of drug-likeness (QED) is 0.513. The Morgan fingerprint density at radius 2 is 2.03 bits per heavy atom. The van der Waals surface area contributed by atoms with Gasteiger partial charge in [-0.15, -0.1) is 11.3 Å². The summed E-state index contributed by atoms with van der Waals surface area (Å²) in [6.07, 6.45) is 1.40. The third-order valence-corrected chi connectivity index (χ3v) is 5.56. The second-order valence-corrected chi connectivity index (χ2v) is 7.61. The molecule has 0 saturated carbocycles. The highest BCUT2D eigenvalue weighted by Gasteiger charge is 2.14. The van der Waals surface area contributed by atoms with Crippen molar-refractivity contribution in [3.05, 3.63) is 75.6 Å². The summed E-state index contributed by atoms with van der Waals surface area (Å²) in [4.78, 5) is 29.6. The van der Waals surface area contributed by atoms with Crippen molar-refractivity contribution >= 4 is 44.7 Å². The maximum absolute atomic E-state index is 12.8. The Morgan fingerprint density at radius 3 is 2.76 bits per heavy atom. The van der Waals surface area contributed by atoms with Crippen molar-refractivity contribution in [1.82, 2.24) is 9.55 Å². The average molecular weight is 426 g/mol. The van der Waals surface area contributed by atoms with Gasteiger partial charge >= 0.3 is 0 Å². The minimum Gasteiger partial charge on any atom is -0.497 e. The number of thiophene rings is 1. The molecule has 146 valence electrons. The van der Waals surface area contributed by atoms with Crippen LogP contribution >= 0.6 is 22.9 Å². The minimum atomic E-state index is -0.331. The first-order valence-electron chi connectivity index (χ1n) is 8.71. The van der Waals surface area contributed by atoms with E-state index >= 15 is 0 Å². The van der Waals surface area contributed by atoms with Crippen LogP contribution in [0.15, 0.2) is 65.0 Å². The van der Waals surface area contributed by atoms with Gasteiger partial charge in [-0.3, -0.25) is 14.2 Å². The van der Waals surface area contributed by atoms with E-state index in [9.17, 15) is 9.59 Å². The lowest BCUT2D eigenvalue weighted by Crippen LogP contribution is -2.27. The van der Waals surface area contributed by atoms with Gasteiger partial charge < -0.3 is 10.1 Å². The van der Waals surface area contributed by atoms with E-state index in [0.29, 0.717) is 20.9 Å². The summed E-state index contributed by atoms with van der Waals surface area (Å²) in [5.74, 6) is 0.428. The summed E-state index contributed by atoms with van der Waals surface area (Å²) in [7, 11) is 1.61. The Labute approximate surface area is 175 Å². The SMILES string of the molecule is COc1ccc(-c2csc3c(=O)n(CC(=O)Nc4cccc(Cl)c4)cnc23)cc1. The molecule has 29 heavy (non-hydrogen) atoms. The molecule has 2 heterocycles. The number of ether oxygens (including phenoxy) is 1. The fourth-order valence-electron chi connectivity index (χ4n) is 2.95. The molecule has 0 unspecified atom stereocenters. The number of hydrogen-bond acceptors (Lipinski definition) is 5. The van der Waals surface area contributed by atoms with E-state index < -0.39 is 0 Å². The molecular weight excluding hydrogens is 410 g/mol. The van der Waals surface area contributed by atoms with Crippen LogP contribution in [0.2, 0.25) is 5.02 Å². The van der Waals surface area contributed by atoms with Crippen LogP contribution in [0.1, 0.15) is 0 Å². The predicted octanol–water partition coefficient (Wildman–Crippen LogP) is 4.43. The number of rotatable bonds is 5. The van der Waals surface area contributed by atoms with Gasteiger partial charge in [0.2, 0.25) is 5.91 Å². The van der Waals surface area contributed by atoms with E-state index in [4.69, 9.17) is 16.3 Å². The maximum atomic E-state index is 12.8. The number of anilines is 1. The number of nitrogens with one attached hydrogen (secondary N) is 1. The van der Waals surface area contributed by atoms with Gasteiger partial charge in [-0.1, -0.05) is 29.8 Å². The Hall–Kier alpha value is -3.16. The van der Waals surface area contributed by atoms with Gasteiger partial charge in [-0.2, -0.15) is 0 Å².